The van der Waals surface area contributed by atoms with Crippen molar-refractivity contribution in [2.24, 2.45) is 11.8 Å². The number of carbonyl (C=O) groups excluding carboxylic acids is 1. The van der Waals surface area contributed by atoms with Gasteiger partial charge < -0.3 is 15.0 Å². The van der Waals surface area contributed by atoms with Crippen LogP contribution in [0.1, 0.15) is 66.9 Å². The molecular weight excluding hydrogens is 541 g/mol. The van der Waals surface area contributed by atoms with Crippen molar-refractivity contribution in [1.29, 1.82) is 0 Å². The van der Waals surface area contributed by atoms with E-state index in [0.717, 1.165) is 37.9 Å². The molecule has 0 spiro atoms. The van der Waals surface area contributed by atoms with Gasteiger partial charge in [-0.25, -0.2) is 4.39 Å². The average molecular weight is 575 g/mol. The second kappa shape index (κ2) is 12.1. The molecule has 2 aromatic rings. The normalized spacial score (nSPS) is 23.8. The van der Waals surface area contributed by atoms with Gasteiger partial charge in [-0.1, -0.05) is 12.1 Å². The summed E-state index contributed by atoms with van der Waals surface area (Å²) in [6, 6.07) is 7.50. The third kappa shape index (κ3) is 7.15. The third-order valence-corrected chi connectivity index (χ3v) is 8.14. The number of rotatable bonds is 7. The van der Waals surface area contributed by atoms with E-state index in [1.165, 1.54) is 19.1 Å². The van der Waals surface area contributed by atoms with E-state index in [0.29, 0.717) is 25.1 Å². The first kappa shape index (κ1) is 30.3. The Morgan fingerprint density at radius 3 is 2.05 bits per heavy atom. The number of alkyl halides is 6. The van der Waals surface area contributed by atoms with Crippen molar-refractivity contribution in [3.63, 3.8) is 0 Å². The van der Waals surface area contributed by atoms with Crippen molar-refractivity contribution in [1.82, 2.24) is 10.2 Å². The highest BCUT2D eigenvalue weighted by molar-refractivity contribution is 5.78. The number of hydrogen-bond donors (Lipinski definition) is 1. The predicted molar refractivity (Wildman–Crippen MR) is 135 cm³/mol. The monoisotopic (exact) mass is 574 g/mol. The molecule has 1 aliphatic carbocycles. The van der Waals surface area contributed by atoms with Crippen LogP contribution in [-0.4, -0.2) is 43.6 Å². The van der Waals surface area contributed by atoms with E-state index in [4.69, 9.17) is 4.74 Å². The van der Waals surface area contributed by atoms with Crippen LogP contribution in [-0.2, 0) is 21.9 Å². The van der Waals surface area contributed by atoms with E-state index in [-0.39, 0.29) is 35.3 Å². The number of amides is 1. The largest absolute Gasteiger partial charge is 0.416 e. The summed E-state index contributed by atoms with van der Waals surface area (Å²) in [6.07, 6.45) is -8.70. The van der Waals surface area contributed by atoms with Gasteiger partial charge in [-0.15, -0.1) is 0 Å². The van der Waals surface area contributed by atoms with Gasteiger partial charge in [-0.3, -0.25) is 4.79 Å². The Morgan fingerprint density at radius 1 is 0.950 bits per heavy atom. The molecule has 40 heavy (non-hydrogen) atoms. The molecule has 11 heteroatoms. The van der Waals surface area contributed by atoms with Gasteiger partial charge in [0.05, 0.1) is 23.3 Å². The van der Waals surface area contributed by atoms with E-state index in [9.17, 15) is 35.5 Å². The van der Waals surface area contributed by atoms with Gasteiger partial charge in [0.15, 0.2) is 0 Å². The zero-order chi connectivity index (χ0) is 29.2. The molecule has 4 rings (SSSR count). The Labute approximate surface area is 228 Å². The molecule has 1 heterocycles. The van der Waals surface area contributed by atoms with Crippen LogP contribution in [0, 0.1) is 17.7 Å². The lowest BCUT2D eigenvalue weighted by atomic mass is 9.86. The van der Waals surface area contributed by atoms with Gasteiger partial charge in [0.25, 0.3) is 0 Å². The van der Waals surface area contributed by atoms with Crippen LogP contribution in [0.4, 0.5) is 30.7 Å². The highest BCUT2D eigenvalue weighted by Crippen LogP contribution is 2.45. The molecule has 220 valence electrons. The molecule has 1 amide bonds. The summed E-state index contributed by atoms with van der Waals surface area (Å²) >= 11 is 0. The quantitative estimate of drug-likeness (QED) is 0.364. The van der Waals surface area contributed by atoms with Crippen molar-refractivity contribution in [2.75, 3.05) is 26.7 Å². The predicted octanol–water partition coefficient (Wildman–Crippen LogP) is 6.96. The average Bonchev–Trinajstić information content (AvgIpc) is 3.29. The Bertz CT molecular complexity index is 1130. The molecule has 2 aliphatic rings. The molecule has 0 radical (unpaired) electrons. The van der Waals surface area contributed by atoms with Gasteiger partial charge >= 0.3 is 12.4 Å². The summed E-state index contributed by atoms with van der Waals surface area (Å²) in [5.41, 5.74) is -2.17. The molecule has 1 aliphatic heterocycles. The first-order chi connectivity index (χ1) is 18.8. The Balaban J connectivity index is 1.55. The third-order valence-electron chi connectivity index (χ3n) is 8.14. The van der Waals surface area contributed by atoms with Gasteiger partial charge in [0, 0.05) is 25.4 Å². The fourth-order valence-electron chi connectivity index (χ4n) is 6.04. The second-order valence-electron chi connectivity index (χ2n) is 10.8. The summed E-state index contributed by atoms with van der Waals surface area (Å²) in [7, 11) is 1.62. The minimum Gasteiger partial charge on any atom is -0.370 e. The molecular formula is C29H33F7N2O2. The van der Waals surface area contributed by atoms with Gasteiger partial charge in [0.1, 0.15) is 5.82 Å². The maximum absolute atomic E-state index is 13.7. The Hall–Kier alpha value is -2.66. The van der Waals surface area contributed by atoms with Crippen LogP contribution in [0.5, 0.6) is 0 Å². The summed E-state index contributed by atoms with van der Waals surface area (Å²) in [5.74, 6) is -0.581. The summed E-state index contributed by atoms with van der Waals surface area (Å²) in [5, 5.41) is 2.69. The summed E-state index contributed by atoms with van der Waals surface area (Å²) in [6.45, 7) is 3.61. The summed E-state index contributed by atoms with van der Waals surface area (Å²) < 4.78 is 100. The molecule has 0 unspecified atom stereocenters. The van der Waals surface area contributed by atoms with Crippen LogP contribution in [0.2, 0.25) is 0 Å². The Kier molecular flexibility index (Phi) is 9.14. The van der Waals surface area contributed by atoms with E-state index < -0.39 is 41.5 Å². The minimum atomic E-state index is -4.95. The van der Waals surface area contributed by atoms with E-state index in [1.807, 2.05) is 0 Å². The lowest BCUT2D eigenvalue weighted by Crippen LogP contribution is -2.42. The van der Waals surface area contributed by atoms with E-state index in [1.54, 1.807) is 19.2 Å². The molecule has 0 aromatic heterocycles. The fourth-order valence-corrected chi connectivity index (χ4v) is 6.04. The maximum atomic E-state index is 13.7. The van der Waals surface area contributed by atoms with Gasteiger partial charge in [-0.2, -0.15) is 26.3 Å². The zero-order valence-electron chi connectivity index (χ0n) is 22.3. The number of nitrogens with zero attached hydrogens (tertiary/aromatic N) is 1. The number of likely N-dealkylation sites (tertiary alicyclic amines) is 1. The number of ether oxygens (including phenoxy) is 1. The lowest BCUT2D eigenvalue weighted by Gasteiger charge is -2.35. The molecule has 1 saturated carbocycles. The lowest BCUT2D eigenvalue weighted by molar-refractivity contribution is -0.143. The number of hydrogen-bond acceptors (Lipinski definition) is 3. The molecule has 2 fully saturated rings. The van der Waals surface area contributed by atoms with Crippen molar-refractivity contribution in [3.05, 3.63) is 70.5 Å². The van der Waals surface area contributed by atoms with Crippen molar-refractivity contribution in [3.8, 4) is 0 Å². The highest BCUT2D eigenvalue weighted by atomic mass is 19.4. The fraction of sp³-hybridized carbons (Fsp3) is 0.552. The number of halogens is 7. The number of carbonyl (C=O) groups is 1. The first-order valence-electron chi connectivity index (χ1n) is 13.4. The van der Waals surface area contributed by atoms with Crippen molar-refractivity contribution < 1.29 is 40.3 Å². The molecule has 4 nitrogen and oxygen atoms in total. The smallest absolute Gasteiger partial charge is 0.370 e. The second-order valence-corrected chi connectivity index (χ2v) is 10.8. The van der Waals surface area contributed by atoms with Crippen molar-refractivity contribution >= 4 is 5.91 Å². The van der Waals surface area contributed by atoms with Crippen LogP contribution in [0.3, 0.4) is 0 Å². The molecule has 1 saturated heterocycles. The first-order valence-corrected chi connectivity index (χ1v) is 13.4. The summed E-state index contributed by atoms with van der Waals surface area (Å²) in [4.78, 5) is 14.3. The van der Waals surface area contributed by atoms with Gasteiger partial charge in [0.2, 0.25) is 5.91 Å². The van der Waals surface area contributed by atoms with E-state index in [2.05, 4.69) is 10.2 Å². The van der Waals surface area contributed by atoms with Gasteiger partial charge in [-0.05, 0) is 93.1 Å². The molecule has 2 aromatic carbocycles. The number of benzene rings is 2. The number of piperidine rings is 1. The SMILES string of the molecule is CNC(=O)C1CCN(C[C@@H]2CC[C@H](O[C@H](C)c3cc(C(F)(F)F)cc(C(F)(F)F)c3)[C@H]2c2ccc(F)cc2)CC1. The number of nitrogens with one attached hydrogen (secondary N) is 1. The van der Waals surface area contributed by atoms with Crippen LogP contribution >= 0.6 is 0 Å². The molecule has 4 atom stereocenters. The topological polar surface area (TPSA) is 41.6 Å². The minimum absolute atomic E-state index is 0.0235. The molecule has 0 bridgehead atoms. The van der Waals surface area contributed by atoms with E-state index >= 15 is 0 Å². The Morgan fingerprint density at radius 2 is 1.52 bits per heavy atom. The zero-order valence-corrected chi connectivity index (χ0v) is 22.3. The van der Waals surface area contributed by atoms with Crippen LogP contribution < -0.4 is 5.32 Å². The molecule has 1 N–H and O–H groups in total. The highest BCUT2D eigenvalue weighted by Gasteiger charge is 2.41. The maximum Gasteiger partial charge on any atom is 0.416 e. The standard InChI is InChI=1S/C29H33F7N2O2/c1-17(21-13-22(28(31,32)33)15-23(14-21)29(34,35)36)40-25-8-5-20(26(25)18-3-6-24(30)7-4-18)16-38-11-9-19(10-12-38)27(39)37-2/h3-4,6-7,13-15,17,19-20,25-26H,5,8-12,16H2,1-2H3,(H,37,39)/t17-,20+,25+,26+/m1/s1. The van der Waals surface area contributed by atoms with Crippen LogP contribution in [0.15, 0.2) is 42.5 Å². The van der Waals surface area contributed by atoms with Crippen LogP contribution in [0.25, 0.3) is 0 Å². The van der Waals surface area contributed by atoms with Crippen molar-refractivity contribution in [2.45, 2.75) is 63.1 Å².